The van der Waals surface area contributed by atoms with Crippen molar-refractivity contribution in [1.82, 2.24) is 0 Å². The summed E-state index contributed by atoms with van der Waals surface area (Å²) in [6, 6.07) is 14.6. The maximum Gasteiger partial charge on any atom is 0.122 e. The van der Waals surface area contributed by atoms with Crippen LogP contribution in [0.25, 0.3) is 0 Å². The summed E-state index contributed by atoms with van der Waals surface area (Å²) >= 11 is 0. The van der Waals surface area contributed by atoms with Crippen molar-refractivity contribution in [2.45, 2.75) is 57.3 Å². The Labute approximate surface area is 145 Å². The van der Waals surface area contributed by atoms with E-state index in [0.29, 0.717) is 11.7 Å². The summed E-state index contributed by atoms with van der Waals surface area (Å²) in [5.41, 5.74) is 3.95. The van der Waals surface area contributed by atoms with Crippen LogP contribution in [-0.4, -0.2) is 12.2 Å². The third-order valence-corrected chi connectivity index (χ3v) is 5.54. The third kappa shape index (κ3) is 3.02. The van der Waals surface area contributed by atoms with E-state index in [9.17, 15) is 5.11 Å². The summed E-state index contributed by atoms with van der Waals surface area (Å²) in [5.74, 6) is 1.77. The summed E-state index contributed by atoms with van der Waals surface area (Å²) < 4.78 is 5.70. The fourth-order valence-electron chi connectivity index (χ4n) is 4.17. The van der Waals surface area contributed by atoms with Crippen molar-refractivity contribution in [2.24, 2.45) is 0 Å². The molecule has 0 unspecified atom stereocenters. The summed E-state index contributed by atoms with van der Waals surface area (Å²) in [4.78, 5) is 0. The first-order valence-corrected chi connectivity index (χ1v) is 9.05. The van der Waals surface area contributed by atoms with Crippen molar-refractivity contribution in [3.05, 3.63) is 59.2 Å². The summed E-state index contributed by atoms with van der Waals surface area (Å²) in [6.45, 7) is 4.40. The maximum absolute atomic E-state index is 9.67. The van der Waals surface area contributed by atoms with Gasteiger partial charge in [-0.2, -0.15) is 0 Å². The molecule has 0 heterocycles. The predicted molar refractivity (Wildman–Crippen MR) is 99.1 cm³/mol. The molecule has 1 saturated carbocycles. The third-order valence-electron chi connectivity index (χ3n) is 5.54. The van der Waals surface area contributed by atoms with Gasteiger partial charge in [0, 0.05) is 5.41 Å². The second-order valence-electron chi connectivity index (χ2n) is 7.30. The van der Waals surface area contributed by atoms with Gasteiger partial charge in [-0.05, 0) is 53.6 Å². The van der Waals surface area contributed by atoms with Crippen LogP contribution in [0.15, 0.2) is 42.5 Å². The van der Waals surface area contributed by atoms with Crippen molar-refractivity contribution in [3.63, 3.8) is 0 Å². The molecular weight excluding hydrogens is 296 g/mol. The van der Waals surface area contributed by atoms with Gasteiger partial charge in [-0.1, -0.05) is 57.4 Å². The zero-order valence-corrected chi connectivity index (χ0v) is 15.0. The van der Waals surface area contributed by atoms with Crippen LogP contribution >= 0.6 is 0 Å². The van der Waals surface area contributed by atoms with Crippen molar-refractivity contribution in [3.8, 4) is 11.5 Å². The van der Waals surface area contributed by atoms with Crippen LogP contribution in [0.1, 0.15) is 68.6 Å². The monoisotopic (exact) mass is 324 g/mol. The number of rotatable bonds is 4. The highest BCUT2D eigenvalue weighted by atomic mass is 16.5. The Balaban J connectivity index is 2.11. The summed E-state index contributed by atoms with van der Waals surface area (Å²) in [6.07, 6.45) is 6.11. The molecule has 0 saturated heterocycles. The first-order chi connectivity index (χ1) is 11.6. The number of aromatic hydroxyl groups is 1. The minimum atomic E-state index is 0.0364. The van der Waals surface area contributed by atoms with Crippen LogP contribution in [-0.2, 0) is 5.41 Å². The van der Waals surface area contributed by atoms with E-state index in [0.717, 1.165) is 18.6 Å². The molecule has 0 radical (unpaired) electrons. The van der Waals surface area contributed by atoms with Gasteiger partial charge in [-0.3, -0.25) is 0 Å². The standard InChI is InChI=1S/C22H28O2/c1-16(2)20-12-9-18(15-21(20)24-3)22(13-5-4-6-14-22)17-7-10-19(23)11-8-17/h7-12,15-16,23H,4-6,13-14H2,1-3H3. The molecule has 0 spiro atoms. The molecule has 0 atom stereocenters. The van der Waals surface area contributed by atoms with Gasteiger partial charge in [-0.25, -0.2) is 0 Å². The molecule has 0 aromatic heterocycles. The molecule has 1 fully saturated rings. The highest BCUT2D eigenvalue weighted by molar-refractivity contribution is 5.48. The molecule has 3 rings (SSSR count). The summed E-state index contributed by atoms with van der Waals surface area (Å²) in [7, 11) is 1.76. The molecule has 2 heteroatoms. The zero-order chi connectivity index (χ0) is 17.2. The summed E-state index contributed by atoms with van der Waals surface area (Å²) in [5, 5.41) is 9.67. The van der Waals surface area contributed by atoms with Crippen molar-refractivity contribution < 1.29 is 9.84 Å². The first-order valence-electron chi connectivity index (χ1n) is 9.05. The van der Waals surface area contributed by atoms with Gasteiger partial charge in [0.1, 0.15) is 11.5 Å². The van der Waals surface area contributed by atoms with Gasteiger partial charge < -0.3 is 9.84 Å². The SMILES string of the molecule is COc1cc(C2(c3ccc(O)cc3)CCCCC2)ccc1C(C)C. The molecule has 0 aliphatic heterocycles. The second-order valence-corrected chi connectivity index (χ2v) is 7.30. The quantitative estimate of drug-likeness (QED) is 0.773. The van der Waals surface area contributed by atoms with E-state index in [-0.39, 0.29) is 5.41 Å². The Bertz CT molecular complexity index is 680. The number of ether oxygens (including phenoxy) is 1. The average molecular weight is 324 g/mol. The molecular formula is C22H28O2. The lowest BCUT2D eigenvalue weighted by atomic mass is 9.65. The van der Waals surface area contributed by atoms with E-state index in [1.54, 1.807) is 7.11 Å². The van der Waals surface area contributed by atoms with Crippen molar-refractivity contribution in [2.75, 3.05) is 7.11 Å². The van der Waals surface area contributed by atoms with Crippen molar-refractivity contribution >= 4 is 0 Å². The van der Waals surface area contributed by atoms with E-state index in [4.69, 9.17) is 4.74 Å². The Morgan fingerprint density at radius 1 is 0.917 bits per heavy atom. The predicted octanol–water partition coefficient (Wildman–Crippen LogP) is 5.77. The molecule has 2 aromatic rings. The smallest absolute Gasteiger partial charge is 0.122 e. The van der Waals surface area contributed by atoms with Crippen LogP contribution in [0, 0.1) is 0 Å². The Morgan fingerprint density at radius 2 is 1.54 bits per heavy atom. The van der Waals surface area contributed by atoms with Gasteiger partial charge in [0.05, 0.1) is 7.11 Å². The second kappa shape index (κ2) is 6.88. The van der Waals surface area contributed by atoms with E-state index in [1.165, 1.54) is 36.0 Å². The molecule has 1 aliphatic carbocycles. The van der Waals surface area contributed by atoms with Gasteiger partial charge in [0.2, 0.25) is 0 Å². The van der Waals surface area contributed by atoms with Crippen LogP contribution in [0.3, 0.4) is 0 Å². The molecule has 2 nitrogen and oxygen atoms in total. The van der Waals surface area contributed by atoms with Crippen molar-refractivity contribution in [1.29, 1.82) is 0 Å². The average Bonchev–Trinajstić information content (AvgIpc) is 2.62. The molecule has 1 aliphatic rings. The number of benzene rings is 2. The number of phenols is 1. The van der Waals surface area contributed by atoms with E-state index in [1.807, 2.05) is 12.1 Å². The Kier molecular flexibility index (Phi) is 4.84. The van der Waals surface area contributed by atoms with E-state index in [2.05, 4.69) is 44.2 Å². The zero-order valence-electron chi connectivity index (χ0n) is 15.0. The number of methoxy groups -OCH3 is 1. The number of phenolic OH excluding ortho intramolecular Hbond substituents is 1. The normalized spacial score (nSPS) is 17.0. The topological polar surface area (TPSA) is 29.5 Å². The molecule has 0 amide bonds. The van der Waals surface area contributed by atoms with Crippen LogP contribution in [0.4, 0.5) is 0 Å². The van der Waals surface area contributed by atoms with Gasteiger partial charge in [-0.15, -0.1) is 0 Å². The van der Waals surface area contributed by atoms with Crippen LogP contribution in [0.5, 0.6) is 11.5 Å². The maximum atomic E-state index is 9.67. The lowest BCUT2D eigenvalue weighted by Crippen LogP contribution is -2.30. The van der Waals surface area contributed by atoms with Gasteiger partial charge >= 0.3 is 0 Å². The lowest BCUT2D eigenvalue weighted by molar-refractivity contribution is 0.342. The first kappa shape index (κ1) is 16.9. The molecule has 128 valence electrons. The van der Waals surface area contributed by atoms with Gasteiger partial charge in [0.25, 0.3) is 0 Å². The van der Waals surface area contributed by atoms with Gasteiger partial charge in [0.15, 0.2) is 0 Å². The molecule has 24 heavy (non-hydrogen) atoms. The highest BCUT2D eigenvalue weighted by Gasteiger charge is 2.36. The van der Waals surface area contributed by atoms with Crippen LogP contribution < -0.4 is 4.74 Å². The fraction of sp³-hybridized carbons (Fsp3) is 0.455. The molecule has 2 aromatic carbocycles. The lowest BCUT2D eigenvalue weighted by Gasteiger charge is -2.39. The van der Waals surface area contributed by atoms with Crippen LogP contribution in [0.2, 0.25) is 0 Å². The molecule has 1 N–H and O–H groups in total. The fourth-order valence-corrected chi connectivity index (χ4v) is 4.17. The Morgan fingerprint density at radius 3 is 2.12 bits per heavy atom. The number of hydrogen-bond donors (Lipinski definition) is 1. The van der Waals surface area contributed by atoms with E-state index >= 15 is 0 Å². The van der Waals surface area contributed by atoms with E-state index < -0.39 is 0 Å². The molecule has 0 bridgehead atoms. The highest BCUT2D eigenvalue weighted by Crippen LogP contribution is 2.46. The Hall–Kier alpha value is -1.96. The minimum absolute atomic E-state index is 0.0364. The minimum Gasteiger partial charge on any atom is -0.508 e. The largest absolute Gasteiger partial charge is 0.508 e. The number of hydrogen-bond acceptors (Lipinski definition) is 2.